The van der Waals surface area contributed by atoms with Gasteiger partial charge in [0.2, 0.25) is 6.29 Å². The minimum absolute atomic E-state index is 0.612. The highest BCUT2D eigenvalue weighted by Gasteiger charge is 2.11. The molecule has 0 aromatic heterocycles. The lowest BCUT2D eigenvalue weighted by molar-refractivity contribution is 0.410. The number of ether oxygens (including phenoxy) is 1. The van der Waals surface area contributed by atoms with Gasteiger partial charge in [-0.2, -0.15) is 0 Å². The van der Waals surface area contributed by atoms with Gasteiger partial charge in [0.1, 0.15) is 11.1 Å². The number of alkyl halides is 1. The monoisotopic (exact) mass is 183 g/mol. The Hall–Kier alpha value is -1.02. The summed E-state index contributed by atoms with van der Waals surface area (Å²) in [6, 6.07) is 7.10. The summed E-state index contributed by atoms with van der Waals surface area (Å²) < 4.78 is 5.00. The van der Waals surface area contributed by atoms with Crippen molar-refractivity contribution >= 4 is 17.9 Å². The molecule has 0 N–H and O–H groups in total. The van der Waals surface area contributed by atoms with Crippen LogP contribution in [0.3, 0.4) is 0 Å². The Balaban J connectivity index is 3.04. The van der Waals surface area contributed by atoms with Gasteiger partial charge in [0.25, 0.3) is 0 Å². The summed E-state index contributed by atoms with van der Waals surface area (Å²) in [6.07, 6.45) is 1.69. The first-order chi connectivity index (χ1) is 5.79. The first kappa shape index (κ1) is 9.07. The van der Waals surface area contributed by atoms with Gasteiger partial charge in [-0.3, -0.25) is 4.79 Å². The third kappa shape index (κ3) is 1.77. The average molecular weight is 184 g/mol. The van der Waals surface area contributed by atoms with Crippen LogP contribution >= 0.6 is 11.6 Å². The van der Waals surface area contributed by atoms with E-state index in [1.165, 1.54) is 7.11 Å². The Morgan fingerprint density at radius 2 is 2.17 bits per heavy atom. The lowest BCUT2D eigenvalue weighted by Gasteiger charge is -2.07. The molecule has 0 heterocycles. The Morgan fingerprint density at radius 3 is 2.75 bits per heavy atom. The van der Waals surface area contributed by atoms with Gasteiger partial charge in [0.05, 0.1) is 7.11 Å². The fourth-order valence-electron chi connectivity index (χ4n) is 0.939. The van der Waals surface area contributed by atoms with Crippen LogP contribution in [0.25, 0.3) is 0 Å². The molecular weight excluding hydrogens is 176 g/mol. The molecule has 63 valence electrons. The number of hydrogen-bond donors (Lipinski definition) is 0. The molecule has 0 aliphatic heterocycles. The molecular formula is C9H8ClO2. The second-order valence-corrected chi connectivity index (χ2v) is 2.66. The van der Waals surface area contributed by atoms with Gasteiger partial charge in [-0.15, -0.1) is 11.6 Å². The largest absolute Gasteiger partial charge is 0.496 e. The number of para-hydroxylation sites is 1. The standard InChI is InChI=1S/C9H8ClO2/c1-12-9-5-3-2-4-7(9)8(10)6-11/h2-5,8H,1H3. The van der Waals surface area contributed by atoms with Crippen LogP contribution in [-0.2, 0) is 4.79 Å². The summed E-state index contributed by atoms with van der Waals surface area (Å²) in [7, 11) is 1.53. The average Bonchev–Trinajstić information content (AvgIpc) is 2.16. The van der Waals surface area contributed by atoms with E-state index in [1.807, 2.05) is 6.07 Å². The molecule has 12 heavy (non-hydrogen) atoms. The molecule has 3 heteroatoms. The lowest BCUT2D eigenvalue weighted by Crippen LogP contribution is -1.95. The second kappa shape index (κ2) is 4.12. The van der Waals surface area contributed by atoms with Crippen LogP contribution in [0.2, 0.25) is 0 Å². The summed E-state index contributed by atoms with van der Waals surface area (Å²) in [5.74, 6) is 0.612. The number of halogens is 1. The van der Waals surface area contributed by atoms with Crippen molar-refractivity contribution in [2.75, 3.05) is 7.11 Å². The summed E-state index contributed by atoms with van der Waals surface area (Å²) in [5.41, 5.74) is 0.650. The highest BCUT2D eigenvalue weighted by molar-refractivity contribution is 6.27. The maximum absolute atomic E-state index is 10.3. The molecule has 2 nitrogen and oxygen atoms in total. The molecule has 1 unspecified atom stereocenters. The lowest BCUT2D eigenvalue weighted by atomic mass is 10.1. The van der Waals surface area contributed by atoms with E-state index in [0.717, 1.165) is 0 Å². The third-order valence-corrected chi connectivity index (χ3v) is 1.84. The van der Waals surface area contributed by atoms with Gasteiger partial charge >= 0.3 is 0 Å². The maximum atomic E-state index is 10.3. The minimum atomic E-state index is -0.749. The zero-order chi connectivity index (χ0) is 8.97. The van der Waals surface area contributed by atoms with Crippen LogP contribution in [0.15, 0.2) is 24.3 Å². The van der Waals surface area contributed by atoms with Crippen LogP contribution in [0.1, 0.15) is 10.9 Å². The van der Waals surface area contributed by atoms with E-state index < -0.39 is 5.38 Å². The Kier molecular flexibility index (Phi) is 3.11. The van der Waals surface area contributed by atoms with E-state index in [9.17, 15) is 4.79 Å². The van der Waals surface area contributed by atoms with Gasteiger partial charge < -0.3 is 4.74 Å². The molecule has 1 aromatic rings. The molecule has 0 amide bonds. The fraction of sp³-hybridized carbons (Fsp3) is 0.222. The zero-order valence-electron chi connectivity index (χ0n) is 6.58. The quantitative estimate of drug-likeness (QED) is 0.671. The first-order valence-electron chi connectivity index (χ1n) is 3.44. The molecule has 1 rings (SSSR count). The molecule has 1 atom stereocenters. The molecule has 0 saturated heterocycles. The van der Waals surface area contributed by atoms with E-state index in [1.54, 1.807) is 24.5 Å². The van der Waals surface area contributed by atoms with Crippen LogP contribution in [-0.4, -0.2) is 13.4 Å². The molecule has 0 fully saturated rings. The Labute approximate surface area is 76.1 Å². The van der Waals surface area contributed by atoms with Crippen LogP contribution in [0.5, 0.6) is 5.75 Å². The highest BCUT2D eigenvalue weighted by Crippen LogP contribution is 2.27. The Morgan fingerprint density at radius 1 is 1.50 bits per heavy atom. The van der Waals surface area contributed by atoms with E-state index in [0.29, 0.717) is 11.3 Å². The minimum Gasteiger partial charge on any atom is -0.496 e. The summed E-state index contributed by atoms with van der Waals surface area (Å²) >= 11 is 5.67. The molecule has 1 aromatic carbocycles. The van der Waals surface area contributed by atoms with E-state index in [4.69, 9.17) is 16.3 Å². The third-order valence-electron chi connectivity index (χ3n) is 1.52. The predicted molar refractivity (Wildman–Crippen MR) is 47.3 cm³/mol. The second-order valence-electron chi connectivity index (χ2n) is 2.22. The maximum Gasteiger partial charge on any atom is 0.222 e. The predicted octanol–water partition coefficient (Wildman–Crippen LogP) is 2.08. The molecule has 0 saturated carbocycles. The summed E-state index contributed by atoms with van der Waals surface area (Å²) in [5, 5.41) is -0.749. The molecule has 1 radical (unpaired) electrons. The van der Waals surface area contributed by atoms with Crippen molar-refractivity contribution in [2.45, 2.75) is 5.38 Å². The van der Waals surface area contributed by atoms with Crippen LogP contribution in [0.4, 0.5) is 0 Å². The van der Waals surface area contributed by atoms with Gasteiger partial charge in [0, 0.05) is 5.56 Å². The van der Waals surface area contributed by atoms with Crippen molar-refractivity contribution in [1.29, 1.82) is 0 Å². The van der Waals surface area contributed by atoms with E-state index in [-0.39, 0.29) is 0 Å². The van der Waals surface area contributed by atoms with Crippen molar-refractivity contribution in [3.05, 3.63) is 29.8 Å². The summed E-state index contributed by atoms with van der Waals surface area (Å²) in [6.45, 7) is 0. The molecule has 0 spiro atoms. The Bertz CT molecular complexity index is 273. The number of hydrogen-bond acceptors (Lipinski definition) is 2. The number of rotatable bonds is 3. The van der Waals surface area contributed by atoms with Crippen LogP contribution < -0.4 is 4.74 Å². The van der Waals surface area contributed by atoms with E-state index >= 15 is 0 Å². The molecule has 0 aliphatic rings. The van der Waals surface area contributed by atoms with Crippen molar-refractivity contribution in [1.82, 2.24) is 0 Å². The van der Waals surface area contributed by atoms with Crippen LogP contribution in [0, 0.1) is 0 Å². The van der Waals surface area contributed by atoms with Crippen molar-refractivity contribution in [3.63, 3.8) is 0 Å². The smallest absolute Gasteiger partial charge is 0.222 e. The van der Waals surface area contributed by atoms with Crippen molar-refractivity contribution in [3.8, 4) is 5.75 Å². The topological polar surface area (TPSA) is 26.3 Å². The number of benzene rings is 1. The summed E-state index contributed by atoms with van der Waals surface area (Å²) in [4.78, 5) is 10.3. The zero-order valence-corrected chi connectivity index (χ0v) is 7.34. The molecule has 0 bridgehead atoms. The van der Waals surface area contributed by atoms with Crippen molar-refractivity contribution < 1.29 is 9.53 Å². The fourth-order valence-corrected chi connectivity index (χ4v) is 1.12. The highest BCUT2D eigenvalue weighted by atomic mass is 35.5. The SMILES string of the molecule is COc1ccccc1C(Cl)[C]=O. The van der Waals surface area contributed by atoms with Gasteiger partial charge in [-0.05, 0) is 6.07 Å². The van der Waals surface area contributed by atoms with Gasteiger partial charge in [0.15, 0.2) is 0 Å². The van der Waals surface area contributed by atoms with Gasteiger partial charge in [-0.25, -0.2) is 0 Å². The normalized spacial score (nSPS) is 12.2. The van der Waals surface area contributed by atoms with E-state index in [2.05, 4.69) is 0 Å². The van der Waals surface area contributed by atoms with Gasteiger partial charge in [-0.1, -0.05) is 18.2 Å². The molecule has 0 aliphatic carbocycles. The number of carbonyl (C=O) groups excluding carboxylic acids is 1. The number of methoxy groups -OCH3 is 1. The van der Waals surface area contributed by atoms with Crippen molar-refractivity contribution in [2.24, 2.45) is 0 Å². The first-order valence-corrected chi connectivity index (χ1v) is 3.88.